The number of carbonyl (C=O) groups is 1. The summed E-state index contributed by atoms with van der Waals surface area (Å²) in [6, 6.07) is 13.5. The number of aliphatic hydroxyl groups is 1. The molecule has 46 heavy (non-hydrogen) atoms. The Hall–Kier alpha value is -3.27. The van der Waals surface area contributed by atoms with Gasteiger partial charge in [0.2, 0.25) is 0 Å². The van der Waals surface area contributed by atoms with Crippen molar-refractivity contribution >= 4 is 33.2 Å². The number of hydrogen-bond donors (Lipinski definition) is 4. The Balaban J connectivity index is 1.06. The van der Waals surface area contributed by atoms with Crippen LogP contribution in [0.4, 0.5) is 10.8 Å². The highest BCUT2D eigenvalue weighted by atomic mass is 32.2. The summed E-state index contributed by atoms with van der Waals surface area (Å²) < 4.78 is 50.3. The number of benzene rings is 2. The summed E-state index contributed by atoms with van der Waals surface area (Å²) in [5.74, 6) is 0.842. The summed E-state index contributed by atoms with van der Waals surface area (Å²) in [6.07, 6.45) is -0.401. The number of anilines is 1. The van der Waals surface area contributed by atoms with Gasteiger partial charge in [-0.1, -0.05) is 44.2 Å². The normalized spacial score (nSPS) is 28.9. The number of hydrazine groups is 1. The number of fused-ring (bicyclic) bond motifs is 1. The lowest BCUT2D eigenvalue weighted by atomic mass is 9.87. The van der Waals surface area contributed by atoms with Gasteiger partial charge >= 0.3 is 6.09 Å². The Bertz CT molecular complexity index is 1690. The molecule has 4 N–H and O–H groups in total. The number of nitrogens with one attached hydrogen (secondary N) is 3. The molecule has 3 heterocycles. The molecule has 13 nitrogen and oxygen atoms in total. The van der Waals surface area contributed by atoms with Crippen LogP contribution in [0, 0.1) is 23.7 Å². The fourth-order valence-electron chi connectivity index (χ4n) is 7.31. The third-order valence-corrected chi connectivity index (χ3v) is 11.1. The van der Waals surface area contributed by atoms with E-state index < -0.39 is 28.3 Å². The second kappa shape index (κ2) is 12.1. The van der Waals surface area contributed by atoms with E-state index in [1.54, 1.807) is 13.1 Å². The lowest BCUT2D eigenvalue weighted by molar-refractivity contribution is -0.279. The molecule has 4 fully saturated rings. The Morgan fingerprint density at radius 3 is 2.78 bits per heavy atom. The van der Waals surface area contributed by atoms with Gasteiger partial charge in [-0.3, -0.25) is 0 Å². The third-order valence-electron chi connectivity index (χ3n) is 9.76. The molecular formula is C32H41N5O8S. The molecule has 5 unspecified atom stereocenters. The van der Waals surface area contributed by atoms with E-state index in [9.17, 15) is 18.3 Å². The highest BCUT2D eigenvalue weighted by Crippen LogP contribution is 2.73. The van der Waals surface area contributed by atoms with Crippen LogP contribution in [0.5, 0.6) is 0 Å². The number of rotatable bonds is 14. The minimum absolute atomic E-state index is 0.00742. The van der Waals surface area contributed by atoms with E-state index in [1.807, 2.05) is 44.2 Å². The van der Waals surface area contributed by atoms with Gasteiger partial charge in [0.1, 0.15) is 11.6 Å². The van der Waals surface area contributed by atoms with Crippen LogP contribution in [0.15, 0.2) is 57.8 Å². The van der Waals surface area contributed by atoms with Gasteiger partial charge < -0.3 is 34.4 Å². The van der Waals surface area contributed by atoms with Gasteiger partial charge in [-0.2, -0.15) is 4.98 Å². The average molecular weight is 656 g/mol. The Morgan fingerprint density at radius 2 is 2.02 bits per heavy atom. The molecule has 2 aliphatic heterocycles. The van der Waals surface area contributed by atoms with Crippen LogP contribution in [0.3, 0.4) is 0 Å². The van der Waals surface area contributed by atoms with Crippen LogP contribution in [0.1, 0.15) is 32.3 Å². The van der Waals surface area contributed by atoms with Crippen molar-refractivity contribution in [3.63, 3.8) is 0 Å². The van der Waals surface area contributed by atoms with E-state index >= 15 is 0 Å². The van der Waals surface area contributed by atoms with E-state index in [1.165, 1.54) is 17.1 Å². The molecular weight excluding hydrogens is 614 g/mol. The summed E-state index contributed by atoms with van der Waals surface area (Å²) in [6.45, 7) is 4.84. The second-order valence-corrected chi connectivity index (χ2v) is 14.9. The first kappa shape index (κ1) is 31.3. The van der Waals surface area contributed by atoms with Crippen molar-refractivity contribution < 1.29 is 36.9 Å². The predicted octanol–water partition coefficient (Wildman–Crippen LogP) is 2.87. The monoisotopic (exact) mass is 655 g/mol. The number of aliphatic hydroxyl groups excluding tert-OH is 1. The number of amides is 1. The number of carbonyl (C=O) groups excluding carboxylic acids is 1. The molecule has 0 bridgehead atoms. The van der Waals surface area contributed by atoms with Crippen molar-refractivity contribution in [3.05, 3.63) is 54.1 Å². The van der Waals surface area contributed by atoms with Gasteiger partial charge in [0.05, 0.1) is 29.2 Å². The van der Waals surface area contributed by atoms with Crippen LogP contribution in [0.2, 0.25) is 0 Å². The Morgan fingerprint density at radius 1 is 1.22 bits per heavy atom. The van der Waals surface area contributed by atoms with Crippen LogP contribution in [-0.4, -0.2) is 86.5 Å². The lowest BCUT2D eigenvalue weighted by Crippen LogP contribution is -2.54. The lowest BCUT2D eigenvalue weighted by Gasteiger charge is -2.39. The fraction of sp³-hybridized carbons (Fsp3) is 0.562. The van der Waals surface area contributed by atoms with Crippen LogP contribution in [-0.2, 0) is 30.7 Å². The van der Waals surface area contributed by atoms with Gasteiger partial charge in [-0.05, 0) is 48.9 Å². The van der Waals surface area contributed by atoms with Gasteiger partial charge in [-0.15, -0.1) is 4.83 Å². The minimum Gasteiger partial charge on any atom is -0.445 e. The quantitative estimate of drug-likeness (QED) is 0.189. The SMILES string of the molecule is CNc1nc2cc(S(=O)(=O)NN(CCC(C)C)C[C@@H](O)[C@H](Cc3ccccc3)NC(=O)OC3C4COC5O[C@@]6(CC36)C54)ccc2o1. The zero-order valence-corrected chi connectivity index (χ0v) is 26.9. The summed E-state index contributed by atoms with van der Waals surface area (Å²) in [5.41, 5.74) is 1.56. The number of oxazole rings is 1. The van der Waals surface area contributed by atoms with E-state index in [2.05, 4.69) is 20.4 Å². The largest absolute Gasteiger partial charge is 0.445 e. The maximum absolute atomic E-state index is 13.6. The first-order chi connectivity index (χ1) is 22.1. The van der Waals surface area contributed by atoms with Gasteiger partial charge in [0, 0.05) is 37.9 Å². The van der Waals surface area contributed by atoms with Crippen LogP contribution < -0.4 is 15.5 Å². The smallest absolute Gasteiger partial charge is 0.407 e. The fourth-order valence-corrected chi connectivity index (χ4v) is 8.43. The number of alkyl carbamates (subject to hydrolysis) is 1. The maximum Gasteiger partial charge on any atom is 0.407 e. The number of ether oxygens (including phenoxy) is 3. The zero-order valence-electron chi connectivity index (χ0n) is 26.1. The van der Waals surface area contributed by atoms with E-state index in [0.717, 1.165) is 12.0 Å². The van der Waals surface area contributed by atoms with Gasteiger partial charge in [0.25, 0.3) is 16.0 Å². The van der Waals surface area contributed by atoms with Crippen LogP contribution >= 0.6 is 0 Å². The summed E-state index contributed by atoms with van der Waals surface area (Å²) in [5, 5.41) is 18.8. The molecule has 2 aliphatic carbocycles. The molecule has 2 saturated carbocycles. The molecule has 1 amide bonds. The first-order valence-electron chi connectivity index (χ1n) is 15.9. The minimum atomic E-state index is -4.05. The van der Waals surface area contributed by atoms with Crippen molar-refractivity contribution in [3.8, 4) is 0 Å². The molecule has 2 aromatic carbocycles. The summed E-state index contributed by atoms with van der Waals surface area (Å²) >= 11 is 0. The molecule has 248 valence electrons. The second-order valence-electron chi connectivity index (χ2n) is 13.3. The number of aromatic nitrogens is 1. The van der Waals surface area contributed by atoms with Crippen molar-refractivity contribution in [1.82, 2.24) is 20.1 Å². The maximum atomic E-state index is 13.6. The molecule has 1 aromatic heterocycles. The summed E-state index contributed by atoms with van der Waals surface area (Å²) in [4.78, 5) is 20.3. The Labute approximate surface area is 268 Å². The molecule has 8 atom stereocenters. The number of nitrogens with zero attached hydrogens (tertiary/aromatic N) is 2. The zero-order chi connectivity index (χ0) is 32.2. The average Bonchev–Trinajstić information content (AvgIpc) is 3.34. The molecule has 4 aliphatic rings. The van der Waals surface area contributed by atoms with Gasteiger partial charge in [-0.25, -0.2) is 18.2 Å². The highest BCUT2D eigenvalue weighted by molar-refractivity contribution is 7.89. The molecule has 3 aromatic rings. The molecule has 1 spiro atoms. The third kappa shape index (κ3) is 5.86. The number of hydrogen-bond acceptors (Lipinski definition) is 11. The highest BCUT2D eigenvalue weighted by Gasteiger charge is 2.83. The topological polar surface area (TPSA) is 164 Å². The molecule has 7 rings (SSSR count). The Kier molecular flexibility index (Phi) is 8.22. The van der Waals surface area contributed by atoms with E-state index in [0.29, 0.717) is 37.1 Å². The summed E-state index contributed by atoms with van der Waals surface area (Å²) in [7, 11) is -2.39. The van der Waals surface area contributed by atoms with E-state index in [-0.39, 0.29) is 59.1 Å². The molecule has 0 radical (unpaired) electrons. The first-order valence-corrected chi connectivity index (χ1v) is 17.4. The van der Waals surface area contributed by atoms with Crippen molar-refractivity contribution in [2.75, 3.05) is 32.1 Å². The molecule has 2 saturated heterocycles. The number of sulfonamides is 1. The van der Waals surface area contributed by atoms with Crippen molar-refractivity contribution in [2.45, 2.75) is 68.1 Å². The van der Waals surface area contributed by atoms with E-state index in [4.69, 9.17) is 18.6 Å². The predicted molar refractivity (Wildman–Crippen MR) is 167 cm³/mol. The van der Waals surface area contributed by atoms with Gasteiger partial charge in [0.15, 0.2) is 11.9 Å². The molecule has 14 heteroatoms. The van der Waals surface area contributed by atoms with Crippen LogP contribution in [0.25, 0.3) is 11.1 Å². The standard InChI is InChI=1S/C32H41N5O8S/c1-18(2)11-12-37(36-46(40,41)20-9-10-26-24(14-20)34-30(33-3)43-26)16-25(38)23(13-19-7-5-4-6-8-19)35-31(39)44-28-21-17-42-29-27(21)32(45-29)15-22(28)32/h4-10,14,18,21-23,25,27-29,36,38H,11-13,15-17H2,1-3H3,(H,33,34)(H,35,39)/t21?,22?,23-,25+,27?,28?,29?,32+/m0/s1. The van der Waals surface area contributed by atoms with Crippen molar-refractivity contribution in [2.24, 2.45) is 23.7 Å². The van der Waals surface area contributed by atoms with Crippen molar-refractivity contribution in [1.29, 1.82) is 0 Å².